The number of aromatic hydroxyl groups is 2. The summed E-state index contributed by atoms with van der Waals surface area (Å²) in [5.41, 5.74) is 1.58. The second kappa shape index (κ2) is 8.60. The van der Waals surface area contributed by atoms with Gasteiger partial charge in [0.25, 0.3) is 5.91 Å². The topological polar surface area (TPSA) is 98.2 Å². The molecule has 1 heterocycles. The van der Waals surface area contributed by atoms with Gasteiger partial charge < -0.3 is 20.0 Å². The largest absolute Gasteiger partial charge is 0.508 e. The molecule has 0 atom stereocenters. The number of piperazine rings is 1. The van der Waals surface area contributed by atoms with E-state index in [1.165, 1.54) is 37.3 Å². The first kappa shape index (κ1) is 20.1. The van der Waals surface area contributed by atoms with Crippen molar-refractivity contribution in [2.24, 2.45) is 0 Å². The molecule has 29 heavy (non-hydrogen) atoms. The van der Waals surface area contributed by atoms with Crippen LogP contribution in [0.5, 0.6) is 11.5 Å². The molecule has 2 N–H and O–H groups in total. The molecule has 0 spiro atoms. The molecule has 1 aliphatic rings. The van der Waals surface area contributed by atoms with Gasteiger partial charge in [-0.1, -0.05) is 12.1 Å². The van der Waals surface area contributed by atoms with Gasteiger partial charge in [-0.2, -0.15) is 0 Å². The Hall–Kier alpha value is -3.61. The van der Waals surface area contributed by atoms with Crippen molar-refractivity contribution < 1.29 is 24.6 Å². The number of amides is 2. The predicted octanol–water partition coefficient (Wildman–Crippen LogP) is 2.30. The molecule has 0 aromatic heterocycles. The van der Waals surface area contributed by atoms with Crippen LogP contribution in [-0.2, 0) is 4.79 Å². The van der Waals surface area contributed by atoms with E-state index in [1.54, 1.807) is 34.1 Å². The van der Waals surface area contributed by atoms with Gasteiger partial charge in [0.05, 0.1) is 0 Å². The van der Waals surface area contributed by atoms with E-state index >= 15 is 0 Å². The lowest BCUT2D eigenvalue weighted by Gasteiger charge is -2.34. The zero-order valence-electron chi connectivity index (χ0n) is 16.0. The number of hydrogen-bond acceptors (Lipinski definition) is 5. The van der Waals surface area contributed by atoms with Gasteiger partial charge >= 0.3 is 0 Å². The SMILES string of the molecule is CC(=O)c1ccc(C(=O)N2CCN(C(=O)/C=C/c3cc(O)cc(O)c3)CC2)cc1. The van der Waals surface area contributed by atoms with E-state index in [0.29, 0.717) is 42.9 Å². The fraction of sp³-hybridized carbons (Fsp3) is 0.227. The molecule has 1 aliphatic heterocycles. The van der Waals surface area contributed by atoms with E-state index in [4.69, 9.17) is 0 Å². The van der Waals surface area contributed by atoms with Crippen LogP contribution in [0.2, 0.25) is 0 Å². The molecule has 0 radical (unpaired) electrons. The van der Waals surface area contributed by atoms with Crippen molar-refractivity contribution in [1.82, 2.24) is 9.80 Å². The molecule has 2 amide bonds. The van der Waals surface area contributed by atoms with Crippen molar-refractivity contribution in [1.29, 1.82) is 0 Å². The highest BCUT2D eigenvalue weighted by Gasteiger charge is 2.24. The molecule has 0 unspecified atom stereocenters. The van der Waals surface area contributed by atoms with Crippen LogP contribution in [0.1, 0.15) is 33.2 Å². The number of ketones is 1. The third kappa shape index (κ3) is 5.01. The average molecular weight is 394 g/mol. The predicted molar refractivity (Wildman–Crippen MR) is 108 cm³/mol. The van der Waals surface area contributed by atoms with E-state index in [2.05, 4.69) is 0 Å². The maximum Gasteiger partial charge on any atom is 0.253 e. The van der Waals surface area contributed by atoms with Crippen LogP contribution >= 0.6 is 0 Å². The minimum atomic E-state index is -0.203. The third-order valence-corrected chi connectivity index (χ3v) is 4.76. The molecule has 2 aromatic rings. The van der Waals surface area contributed by atoms with Gasteiger partial charge in [-0.05, 0) is 42.8 Å². The quantitative estimate of drug-likeness (QED) is 0.613. The Balaban J connectivity index is 1.56. The Kier molecular flexibility index (Phi) is 5.97. The number of Topliss-reactive ketones (excluding diaryl/α,β-unsaturated/α-hetero) is 1. The number of carbonyl (C=O) groups excluding carboxylic acids is 3. The minimum absolute atomic E-state index is 0.0508. The highest BCUT2D eigenvalue weighted by Crippen LogP contribution is 2.21. The second-order valence-electron chi connectivity index (χ2n) is 6.87. The number of phenols is 2. The van der Waals surface area contributed by atoms with Crippen molar-refractivity contribution in [3.05, 3.63) is 65.2 Å². The first-order valence-corrected chi connectivity index (χ1v) is 9.24. The van der Waals surface area contributed by atoms with Crippen LogP contribution < -0.4 is 0 Å². The molecule has 7 heteroatoms. The van der Waals surface area contributed by atoms with Gasteiger partial charge in [0.1, 0.15) is 11.5 Å². The molecule has 0 bridgehead atoms. The van der Waals surface area contributed by atoms with E-state index in [1.807, 2.05) is 0 Å². The molecular weight excluding hydrogens is 372 g/mol. The summed E-state index contributed by atoms with van der Waals surface area (Å²) in [7, 11) is 0. The highest BCUT2D eigenvalue weighted by molar-refractivity contribution is 5.98. The second-order valence-corrected chi connectivity index (χ2v) is 6.87. The molecule has 1 saturated heterocycles. The van der Waals surface area contributed by atoms with Crippen molar-refractivity contribution in [2.75, 3.05) is 26.2 Å². The van der Waals surface area contributed by atoms with Gasteiger partial charge in [0, 0.05) is 49.4 Å². The standard InChI is InChI=1S/C22H22N2O5/c1-15(25)17-3-5-18(6-4-17)22(29)24-10-8-23(9-11-24)21(28)7-2-16-12-19(26)14-20(27)13-16/h2-7,12-14,26-27H,8-11H2,1H3/b7-2+. The Morgan fingerprint density at radius 1 is 0.828 bits per heavy atom. The van der Waals surface area contributed by atoms with Crippen LogP contribution in [-0.4, -0.2) is 63.8 Å². The normalized spacial score (nSPS) is 14.2. The Morgan fingerprint density at radius 2 is 1.34 bits per heavy atom. The monoisotopic (exact) mass is 394 g/mol. The van der Waals surface area contributed by atoms with Gasteiger partial charge in [-0.3, -0.25) is 14.4 Å². The third-order valence-electron chi connectivity index (χ3n) is 4.76. The Labute approximate surface area is 168 Å². The number of phenolic OH excluding ortho intramolecular Hbond substituents is 2. The van der Waals surface area contributed by atoms with E-state index in [9.17, 15) is 24.6 Å². The van der Waals surface area contributed by atoms with Crippen molar-refractivity contribution >= 4 is 23.7 Å². The van der Waals surface area contributed by atoms with Crippen LogP contribution in [0.3, 0.4) is 0 Å². The number of hydrogen-bond donors (Lipinski definition) is 2. The zero-order chi connectivity index (χ0) is 21.0. The summed E-state index contributed by atoms with van der Waals surface area (Å²) in [6.07, 6.45) is 2.90. The van der Waals surface area contributed by atoms with Crippen LogP contribution in [0.25, 0.3) is 6.08 Å². The fourth-order valence-electron chi connectivity index (χ4n) is 3.15. The Morgan fingerprint density at radius 3 is 1.90 bits per heavy atom. The van der Waals surface area contributed by atoms with Gasteiger partial charge in [-0.25, -0.2) is 0 Å². The highest BCUT2D eigenvalue weighted by atomic mass is 16.3. The lowest BCUT2D eigenvalue weighted by atomic mass is 10.1. The maximum absolute atomic E-state index is 12.6. The van der Waals surface area contributed by atoms with Gasteiger partial charge in [0.2, 0.25) is 5.91 Å². The van der Waals surface area contributed by atoms with Gasteiger partial charge in [-0.15, -0.1) is 0 Å². The van der Waals surface area contributed by atoms with E-state index in [0.717, 1.165) is 0 Å². The van der Waals surface area contributed by atoms with Crippen LogP contribution in [0.15, 0.2) is 48.5 Å². The summed E-state index contributed by atoms with van der Waals surface area (Å²) < 4.78 is 0. The molecule has 150 valence electrons. The number of nitrogens with zero attached hydrogens (tertiary/aromatic N) is 2. The van der Waals surface area contributed by atoms with Crippen molar-refractivity contribution in [3.63, 3.8) is 0 Å². The lowest BCUT2D eigenvalue weighted by Crippen LogP contribution is -2.50. The maximum atomic E-state index is 12.6. The van der Waals surface area contributed by atoms with E-state index < -0.39 is 0 Å². The molecule has 3 rings (SSSR count). The van der Waals surface area contributed by atoms with Crippen molar-refractivity contribution in [3.8, 4) is 11.5 Å². The van der Waals surface area contributed by atoms with Crippen LogP contribution in [0, 0.1) is 0 Å². The summed E-state index contributed by atoms with van der Waals surface area (Å²) in [5.74, 6) is -0.546. The summed E-state index contributed by atoms with van der Waals surface area (Å²) in [6, 6.07) is 10.7. The summed E-state index contributed by atoms with van der Waals surface area (Å²) in [4.78, 5) is 39.6. The average Bonchev–Trinajstić information content (AvgIpc) is 2.71. The van der Waals surface area contributed by atoms with Gasteiger partial charge in [0.15, 0.2) is 5.78 Å². The number of benzene rings is 2. The molecule has 7 nitrogen and oxygen atoms in total. The number of rotatable bonds is 4. The smallest absolute Gasteiger partial charge is 0.253 e. The molecule has 0 aliphatic carbocycles. The van der Waals surface area contributed by atoms with Crippen LogP contribution in [0.4, 0.5) is 0 Å². The molecule has 0 saturated carbocycles. The minimum Gasteiger partial charge on any atom is -0.508 e. The fourth-order valence-corrected chi connectivity index (χ4v) is 3.15. The molecule has 2 aromatic carbocycles. The summed E-state index contributed by atoms with van der Waals surface area (Å²) in [6.45, 7) is 3.13. The zero-order valence-corrected chi connectivity index (χ0v) is 16.0. The Bertz CT molecular complexity index is 937. The molecular formula is C22H22N2O5. The molecule has 1 fully saturated rings. The number of carbonyl (C=O) groups is 3. The van der Waals surface area contributed by atoms with Crippen molar-refractivity contribution in [2.45, 2.75) is 6.92 Å². The first-order valence-electron chi connectivity index (χ1n) is 9.24. The van der Waals surface area contributed by atoms with E-state index in [-0.39, 0.29) is 29.1 Å². The summed E-state index contributed by atoms with van der Waals surface area (Å²) >= 11 is 0. The first-order chi connectivity index (χ1) is 13.8. The lowest BCUT2D eigenvalue weighted by molar-refractivity contribution is -0.127. The summed E-state index contributed by atoms with van der Waals surface area (Å²) in [5, 5.41) is 19.0.